The Balaban J connectivity index is 1.34. The van der Waals surface area contributed by atoms with E-state index in [0.717, 1.165) is 11.1 Å². The number of imide groups is 1. The molecule has 2 fully saturated rings. The van der Waals surface area contributed by atoms with Crippen molar-refractivity contribution < 1.29 is 14.4 Å². The summed E-state index contributed by atoms with van der Waals surface area (Å²) in [7, 11) is 0. The van der Waals surface area contributed by atoms with Gasteiger partial charge in [0.1, 0.15) is 5.54 Å². The monoisotopic (exact) mass is 403 g/mol. The van der Waals surface area contributed by atoms with Gasteiger partial charge in [-0.3, -0.25) is 14.5 Å². The zero-order valence-corrected chi connectivity index (χ0v) is 16.8. The Hall–Kier alpha value is -3.41. The van der Waals surface area contributed by atoms with E-state index in [9.17, 15) is 14.4 Å². The lowest BCUT2D eigenvalue weighted by Crippen LogP contribution is -2.55. The van der Waals surface area contributed by atoms with Gasteiger partial charge in [0.2, 0.25) is 5.91 Å². The highest BCUT2D eigenvalue weighted by Crippen LogP contribution is 2.29. The summed E-state index contributed by atoms with van der Waals surface area (Å²) in [4.78, 5) is 41.0. The first kappa shape index (κ1) is 19.9. The van der Waals surface area contributed by atoms with Crippen molar-refractivity contribution in [1.82, 2.24) is 15.1 Å². The van der Waals surface area contributed by atoms with Crippen LogP contribution in [-0.2, 0) is 16.0 Å². The lowest BCUT2D eigenvalue weighted by Gasteiger charge is -2.36. The molecule has 2 aliphatic rings. The average Bonchev–Trinajstić information content (AvgIpc) is 3.01. The summed E-state index contributed by atoms with van der Waals surface area (Å²) >= 11 is 0. The van der Waals surface area contributed by atoms with Crippen molar-refractivity contribution >= 4 is 23.9 Å². The fourth-order valence-electron chi connectivity index (χ4n) is 4.05. The fourth-order valence-corrected chi connectivity index (χ4v) is 4.05. The molecule has 2 saturated heterocycles. The minimum atomic E-state index is -0.881. The molecule has 6 heteroatoms. The number of hydrogen-bond acceptors (Lipinski definition) is 3. The number of amides is 4. The molecule has 0 unspecified atom stereocenters. The summed E-state index contributed by atoms with van der Waals surface area (Å²) in [6, 6.07) is 19.1. The number of urea groups is 1. The van der Waals surface area contributed by atoms with Gasteiger partial charge in [0.05, 0.1) is 0 Å². The first-order chi connectivity index (χ1) is 14.6. The van der Waals surface area contributed by atoms with Crippen LogP contribution in [0.4, 0.5) is 4.79 Å². The number of nitrogens with one attached hydrogen (secondary N) is 1. The van der Waals surface area contributed by atoms with Crippen LogP contribution < -0.4 is 5.32 Å². The lowest BCUT2D eigenvalue weighted by molar-refractivity contribution is -0.136. The van der Waals surface area contributed by atoms with Crippen molar-refractivity contribution in [3.63, 3.8) is 0 Å². The summed E-state index contributed by atoms with van der Waals surface area (Å²) in [5.74, 6) is -0.248. The molecule has 2 aromatic rings. The van der Waals surface area contributed by atoms with Gasteiger partial charge < -0.3 is 10.2 Å². The van der Waals surface area contributed by atoms with Crippen LogP contribution in [0.2, 0.25) is 0 Å². The van der Waals surface area contributed by atoms with Gasteiger partial charge in [0, 0.05) is 25.7 Å². The third kappa shape index (κ3) is 4.13. The molecular formula is C24H25N3O3. The fraction of sp³-hybridized carbons (Fsp3) is 0.292. The van der Waals surface area contributed by atoms with Crippen LogP contribution in [0.25, 0.3) is 6.08 Å². The molecule has 1 spiro atoms. The first-order valence-electron chi connectivity index (χ1n) is 10.3. The van der Waals surface area contributed by atoms with Crippen LogP contribution in [0, 0.1) is 0 Å². The molecule has 6 nitrogen and oxygen atoms in total. The summed E-state index contributed by atoms with van der Waals surface area (Å²) in [5.41, 5.74) is 1.17. The second kappa shape index (κ2) is 8.53. The Morgan fingerprint density at radius 3 is 2.27 bits per heavy atom. The number of carbonyl (C=O) groups excluding carboxylic acids is 3. The summed E-state index contributed by atoms with van der Waals surface area (Å²) in [6.07, 6.45) is 4.86. The molecule has 0 atom stereocenters. The van der Waals surface area contributed by atoms with Crippen molar-refractivity contribution in [1.29, 1.82) is 0 Å². The maximum absolute atomic E-state index is 13.0. The third-order valence-corrected chi connectivity index (χ3v) is 5.86. The van der Waals surface area contributed by atoms with Crippen molar-refractivity contribution in [3.8, 4) is 0 Å². The Morgan fingerprint density at radius 1 is 0.967 bits per heavy atom. The smallest absolute Gasteiger partial charge is 0.325 e. The van der Waals surface area contributed by atoms with Crippen LogP contribution >= 0.6 is 0 Å². The number of carbonyl (C=O) groups is 3. The maximum Gasteiger partial charge on any atom is 0.325 e. The second-order valence-electron chi connectivity index (χ2n) is 7.77. The molecule has 4 amide bonds. The zero-order chi connectivity index (χ0) is 21.0. The maximum atomic E-state index is 13.0. The first-order valence-corrected chi connectivity index (χ1v) is 10.3. The van der Waals surface area contributed by atoms with Crippen LogP contribution in [0.1, 0.15) is 24.0 Å². The van der Waals surface area contributed by atoms with E-state index in [1.165, 1.54) is 4.90 Å². The number of likely N-dealkylation sites (tertiary alicyclic amines) is 1. The number of hydrogen-bond donors (Lipinski definition) is 1. The van der Waals surface area contributed by atoms with E-state index in [4.69, 9.17) is 0 Å². The highest BCUT2D eigenvalue weighted by atomic mass is 16.2. The standard InChI is InChI=1S/C24H25N3O3/c28-21(12-11-19-7-3-1-4-8-19)26-17-14-24(15-18-26)22(29)27(23(30)25-24)16-13-20-9-5-2-6-10-20/h1-12H,13-18H2,(H,25,30). The Morgan fingerprint density at radius 2 is 1.60 bits per heavy atom. The van der Waals surface area contributed by atoms with Gasteiger partial charge in [-0.2, -0.15) is 0 Å². The summed E-state index contributed by atoms with van der Waals surface area (Å²) in [6.45, 7) is 1.24. The molecular weight excluding hydrogens is 378 g/mol. The van der Waals surface area contributed by atoms with E-state index in [1.54, 1.807) is 17.1 Å². The summed E-state index contributed by atoms with van der Waals surface area (Å²) < 4.78 is 0. The van der Waals surface area contributed by atoms with Crippen molar-refractivity contribution in [2.45, 2.75) is 24.8 Å². The van der Waals surface area contributed by atoms with Gasteiger partial charge >= 0.3 is 6.03 Å². The lowest BCUT2D eigenvalue weighted by atomic mass is 9.87. The van der Waals surface area contributed by atoms with Crippen LogP contribution in [0.15, 0.2) is 66.7 Å². The third-order valence-electron chi connectivity index (χ3n) is 5.86. The predicted molar refractivity (Wildman–Crippen MR) is 114 cm³/mol. The SMILES string of the molecule is O=C(C=Cc1ccccc1)N1CCC2(CC1)NC(=O)N(CCc1ccccc1)C2=O. The van der Waals surface area contributed by atoms with E-state index < -0.39 is 5.54 Å². The minimum Gasteiger partial charge on any atom is -0.339 e. The number of rotatable bonds is 5. The quantitative estimate of drug-likeness (QED) is 0.617. The van der Waals surface area contributed by atoms with E-state index in [0.29, 0.717) is 38.9 Å². The van der Waals surface area contributed by atoms with E-state index in [-0.39, 0.29) is 17.8 Å². The van der Waals surface area contributed by atoms with Gasteiger partial charge in [0.25, 0.3) is 5.91 Å². The Bertz CT molecular complexity index is 948. The van der Waals surface area contributed by atoms with E-state index >= 15 is 0 Å². The van der Waals surface area contributed by atoms with Crippen LogP contribution in [0.5, 0.6) is 0 Å². The van der Waals surface area contributed by atoms with Gasteiger partial charge in [-0.1, -0.05) is 60.7 Å². The second-order valence-corrected chi connectivity index (χ2v) is 7.77. The minimum absolute atomic E-state index is 0.0774. The molecule has 154 valence electrons. The highest BCUT2D eigenvalue weighted by Gasteiger charge is 2.52. The van der Waals surface area contributed by atoms with E-state index in [1.807, 2.05) is 60.7 Å². The molecule has 0 aliphatic carbocycles. The molecule has 2 heterocycles. The molecule has 0 bridgehead atoms. The number of benzene rings is 2. The number of piperidine rings is 1. The molecule has 0 aromatic heterocycles. The van der Waals surface area contributed by atoms with Gasteiger partial charge in [0.15, 0.2) is 0 Å². The normalized spacial score (nSPS) is 18.3. The number of nitrogens with zero attached hydrogens (tertiary/aromatic N) is 2. The molecule has 4 rings (SSSR count). The van der Waals surface area contributed by atoms with Crippen LogP contribution in [-0.4, -0.2) is 52.8 Å². The van der Waals surface area contributed by atoms with E-state index in [2.05, 4.69) is 5.32 Å². The van der Waals surface area contributed by atoms with Crippen molar-refractivity contribution in [3.05, 3.63) is 77.9 Å². The molecule has 0 saturated carbocycles. The molecule has 0 radical (unpaired) electrons. The van der Waals surface area contributed by atoms with Crippen LogP contribution in [0.3, 0.4) is 0 Å². The molecule has 1 N–H and O–H groups in total. The Kier molecular flexibility index (Phi) is 5.65. The molecule has 30 heavy (non-hydrogen) atoms. The summed E-state index contributed by atoms with van der Waals surface area (Å²) in [5, 5.41) is 2.90. The topological polar surface area (TPSA) is 69.7 Å². The van der Waals surface area contributed by atoms with Gasteiger partial charge in [-0.15, -0.1) is 0 Å². The molecule has 2 aliphatic heterocycles. The largest absolute Gasteiger partial charge is 0.339 e. The van der Waals surface area contributed by atoms with Crippen molar-refractivity contribution in [2.75, 3.05) is 19.6 Å². The van der Waals surface area contributed by atoms with Gasteiger partial charge in [-0.25, -0.2) is 4.79 Å². The zero-order valence-electron chi connectivity index (χ0n) is 16.8. The van der Waals surface area contributed by atoms with Crippen molar-refractivity contribution in [2.24, 2.45) is 0 Å². The van der Waals surface area contributed by atoms with Gasteiger partial charge in [-0.05, 0) is 36.5 Å². The molecule has 2 aromatic carbocycles. The Labute approximate surface area is 176 Å². The predicted octanol–water partition coefficient (Wildman–Crippen LogP) is 2.86. The highest BCUT2D eigenvalue weighted by molar-refractivity contribution is 6.07. The average molecular weight is 403 g/mol.